The fourth-order valence-electron chi connectivity index (χ4n) is 2.22. The monoisotopic (exact) mass is 330 g/mol. The van der Waals surface area contributed by atoms with Crippen molar-refractivity contribution in [3.63, 3.8) is 0 Å². The van der Waals surface area contributed by atoms with Crippen molar-refractivity contribution in [2.75, 3.05) is 4.90 Å². The first-order chi connectivity index (χ1) is 11.2. The Bertz CT molecular complexity index is 743. The van der Waals surface area contributed by atoms with Crippen LogP contribution >= 0.6 is 0 Å². The minimum absolute atomic E-state index is 0.120. The second kappa shape index (κ2) is 6.78. The predicted octanol–water partition coefficient (Wildman–Crippen LogP) is 3.67. The Morgan fingerprint density at radius 1 is 1.25 bits per heavy atom. The topological polar surface area (TPSA) is 71.8 Å². The van der Waals surface area contributed by atoms with Crippen LogP contribution in [0.4, 0.5) is 10.5 Å². The summed E-state index contributed by atoms with van der Waals surface area (Å²) >= 11 is 0. The molecule has 0 saturated heterocycles. The molecule has 0 atom stereocenters. The third-order valence-electron chi connectivity index (χ3n) is 3.25. The van der Waals surface area contributed by atoms with E-state index in [0.29, 0.717) is 12.2 Å². The molecule has 0 unspecified atom stereocenters. The number of anilines is 1. The van der Waals surface area contributed by atoms with Gasteiger partial charge in [0.05, 0.1) is 12.1 Å². The van der Waals surface area contributed by atoms with Crippen LogP contribution in [0.2, 0.25) is 0 Å². The zero-order chi connectivity index (χ0) is 17.9. The molecule has 0 spiro atoms. The van der Waals surface area contributed by atoms with E-state index in [2.05, 4.69) is 0 Å². The van der Waals surface area contributed by atoms with Crippen LogP contribution in [0.25, 0.3) is 0 Å². The van der Waals surface area contributed by atoms with Crippen LogP contribution in [-0.4, -0.2) is 27.3 Å². The van der Waals surface area contributed by atoms with E-state index in [1.54, 1.807) is 32.9 Å². The Kier molecular flexibility index (Phi) is 4.97. The second-order valence-electron chi connectivity index (χ2n) is 6.61. The van der Waals surface area contributed by atoms with E-state index in [-0.39, 0.29) is 5.56 Å². The van der Waals surface area contributed by atoms with Gasteiger partial charge in [-0.25, -0.2) is 9.59 Å². The number of hydrogen-bond donors (Lipinski definition) is 1. The molecule has 24 heavy (non-hydrogen) atoms. The maximum Gasteiger partial charge on any atom is 0.415 e. The Morgan fingerprint density at radius 3 is 2.50 bits per heavy atom. The first-order valence-corrected chi connectivity index (χ1v) is 7.60. The number of carbonyl (C=O) groups is 2. The van der Waals surface area contributed by atoms with Crippen molar-refractivity contribution in [2.24, 2.45) is 7.05 Å². The average Bonchev–Trinajstić information content (AvgIpc) is 2.88. The molecule has 0 aliphatic heterocycles. The molecule has 1 amide bonds. The number of carboxylic acids is 1. The number of aromatic carboxylic acids is 1. The van der Waals surface area contributed by atoms with E-state index in [4.69, 9.17) is 4.74 Å². The zero-order valence-electron chi connectivity index (χ0n) is 14.3. The minimum atomic E-state index is -1.04. The fraction of sp³-hybridized carbons (Fsp3) is 0.333. The van der Waals surface area contributed by atoms with Gasteiger partial charge in [-0.2, -0.15) is 0 Å². The van der Waals surface area contributed by atoms with Crippen molar-refractivity contribution >= 4 is 17.7 Å². The van der Waals surface area contributed by atoms with Crippen LogP contribution in [0.3, 0.4) is 0 Å². The molecule has 6 heteroatoms. The first-order valence-electron chi connectivity index (χ1n) is 7.60. The summed E-state index contributed by atoms with van der Waals surface area (Å²) in [6, 6.07) is 8.16. The van der Waals surface area contributed by atoms with Gasteiger partial charge >= 0.3 is 12.1 Å². The highest BCUT2D eigenvalue weighted by Gasteiger charge is 2.24. The van der Waals surface area contributed by atoms with Gasteiger partial charge in [0.1, 0.15) is 5.60 Å². The van der Waals surface area contributed by atoms with Crippen LogP contribution in [0.15, 0.2) is 42.7 Å². The Hall–Kier alpha value is -2.76. The molecule has 0 aliphatic carbocycles. The summed E-state index contributed by atoms with van der Waals surface area (Å²) in [5.41, 5.74) is 0.877. The molecule has 1 heterocycles. The highest BCUT2D eigenvalue weighted by atomic mass is 16.6. The average molecular weight is 330 g/mol. The van der Waals surface area contributed by atoms with Gasteiger partial charge in [-0.05, 0) is 50.6 Å². The van der Waals surface area contributed by atoms with Crippen molar-refractivity contribution in [3.8, 4) is 0 Å². The quantitative estimate of drug-likeness (QED) is 0.928. The largest absolute Gasteiger partial charge is 0.478 e. The van der Waals surface area contributed by atoms with E-state index < -0.39 is 17.7 Å². The SMILES string of the molecule is Cn1ccc(CN(C(=O)OC(C)(C)C)c2cccc(C(=O)O)c2)c1. The fourth-order valence-corrected chi connectivity index (χ4v) is 2.22. The molecule has 2 rings (SSSR count). The molecule has 0 saturated carbocycles. The number of carboxylic acid groups (broad SMARTS) is 1. The number of hydrogen-bond acceptors (Lipinski definition) is 3. The molecule has 0 bridgehead atoms. The first kappa shape index (κ1) is 17.6. The van der Waals surface area contributed by atoms with E-state index >= 15 is 0 Å². The third-order valence-corrected chi connectivity index (χ3v) is 3.25. The van der Waals surface area contributed by atoms with Gasteiger partial charge in [0.15, 0.2) is 0 Å². The van der Waals surface area contributed by atoms with Crippen LogP contribution < -0.4 is 4.90 Å². The smallest absolute Gasteiger partial charge is 0.415 e. The molecule has 6 nitrogen and oxygen atoms in total. The number of benzene rings is 1. The number of nitrogens with zero attached hydrogens (tertiary/aromatic N) is 2. The predicted molar refractivity (Wildman–Crippen MR) is 91.2 cm³/mol. The summed E-state index contributed by atoms with van der Waals surface area (Å²) in [5.74, 6) is -1.04. The standard InChI is InChI=1S/C18H22N2O4/c1-18(2,3)24-17(23)20(12-13-8-9-19(4)11-13)15-7-5-6-14(10-15)16(21)22/h5-11H,12H2,1-4H3,(H,21,22). The number of amides is 1. The lowest BCUT2D eigenvalue weighted by molar-refractivity contribution is 0.0575. The lowest BCUT2D eigenvalue weighted by Crippen LogP contribution is -2.36. The van der Waals surface area contributed by atoms with E-state index in [0.717, 1.165) is 5.56 Å². The molecule has 128 valence electrons. The maximum absolute atomic E-state index is 12.6. The van der Waals surface area contributed by atoms with Gasteiger partial charge < -0.3 is 14.4 Å². The van der Waals surface area contributed by atoms with Crippen molar-refractivity contribution in [2.45, 2.75) is 32.9 Å². The summed E-state index contributed by atoms with van der Waals surface area (Å²) in [4.78, 5) is 25.2. The van der Waals surface area contributed by atoms with Crippen LogP contribution in [0.1, 0.15) is 36.7 Å². The van der Waals surface area contributed by atoms with E-state index in [9.17, 15) is 14.7 Å². The summed E-state index contributed by atoms with van der Waals surface area (Å²) in [7, 11) is 1.90. The molecule has 1 N–H and O–H groups in total. The highest BCUT2D eigenvalue weighted by molar-refractivity contribution is 5.92. The zero-order valence-corrected chi connectivity index (χ0v) is 14.3. The lowest BCUT2D eigenvalue weighted by Gasteiger charge is -2.27. The van der Waals surface area contributed by atoms with Crippen LogP contribution in [0, 0.1) is 0 Å². The molecule has 0 aliphatic rings. The minimum Gasteiger partial charge on any atom is -0.478 e. The normalized spacial score (nSPS) is 11.2. The van der Waals surface area contributed by atoms with Crippen molar-refractivity contribution in [1.29, 1.82) is 0 Å². The van der Waals surface area contributed by atoms with Gasteiger partial charge in [-0.1, -0.05) is 6.07 Å². The summed E-state index contributed by atoms with van der Waals surface area (Å²) in [5, 5.41) is 9.17. The lowest BCUT2D eigenvalue weighted by atomic mass is 10.1. The molecular formula is C18H22N2O4. The Labute approximate surface area is 141 Å². The van der Waals surface area contributed by atoms with Crippen molar-refractivity contribution in [3.05, 3.63) is 53.9 Å². The highest BCUT2D eigenvalue weighted by Crippen LogP contribution is 2.22. The number of rotatable bonds is 4. The van der Waals surface area contributed by atoms with Crippen LogP contribution in [-0.2, 0) is 18.3 Å². The number of aryl methyl sites for hydroxylation is 1. The molecular weight excluding hydrogens is 308 g/mol. The number of ether oxygens (including phenoxy) is 1. The van der Waals surface area contributed by atoms with Crippen molar-refractivity contribution in [1.82, 2.24) is 4.57 Å². The molecule has 1 aromatic heterocycles. The molecule has 2 aromatic rings. The molecule has 0 fully saturated rings. The van der Waals surface area contributed by atoms with Gasteiger partial charge in [-0.15, -0.1) is 0 Å². The Balaban J connectivity index is 2.36. The summed E-state index contributed by atoms with van der Waals surface area (Å²) in [6.07, 6.45) is 3.27. The maximum atomic E-state index is 12.6. The summed E-state index contributed by atoms with van der Waals surface area (Å²) in [6.45, 7) is 5.66. The van der Waals surface area contributed by atoms with Gasteiger partial charge in [0.2, 0.25) is 0 Å². The van der Waals surface area contributed by atoms with E-state index in [1.165, 1.54) is 17.0 Å². The Morgan fingerprint density at radius 2 is 1.96 bits per heavy atom. The summed E-state index contributed by atoms with van der Waals surface area (Å²) < 4.78 is 7.35. The number of carbonyl (C=O) groups excluding carboxylic acids is 1. The third kappa shape index (κ3) is 4.62. The van der Waals surface area contributed by atoms with E-state index in [1.807, 2.05) is 30.1 Å². The molecule has 1 aromatic carbocycles. The van der Waals surface area contributed by atoms with Gasteiger partial charge in [-0.3, -0.25) is 4.90 Å². The molecule has 0 radical (unpaired) electrons. The van der Waals surface area contributed by atoms with Gasteiger partial charge in [0.25, 0.3) is 0 Å². The van der Waals surface area contributed by atoms with Gasteiger partial charge in [0, 0.05) is 25.1 Å². The number of aromatic nitrogens is 1. The van der Waals surface area contributed by atoms with Crippen LogP contribution in [0.5, 0.6) is 0 Å². The van der Waals surface area contributed by atoms with Crippen molar-refractivity contribution < 1.29 is 19.4 Å². The second-order valence-corrected chi connectivity index (χ2v) is 6.61.